The molecule has 0 atom stereocenters. The van der Waals surface area contributed by atoms with Gasteiger partial charge in [0.25, 0.3) is 5.91 Å². The Balaban J connectivity index is 2.36. The number of nitrogens with one attached hydrogen (secondary N) is 1. The van der Waals surface area contributed by atoms with Crippen LogP contribution in [-0.2, 0) is 11.3 Å². The predicted octanol–water partition coefficient (Wildman–Crippen LogP) is 3.89. The number of hydrogen-bond donors (Lipinski definition) is 1. The average molecular weight is 361 g/mol. The third kappa shape index (κ3) is 2.90. The molecule has 0 saturated heterocycles. The second kappa shape index (κ2) is 7.13. The first-order valence-corrected chi connectivity index (χ1v) is 7.80. The van der Waals surface area contributed by atoms with Crippen LogP contribution in [0.1, 0.15) is 15.9 Å². The van der Waals surface area contributed by atoms with Crippen molar-refractivity contribution in [1.29, 1.82) is 0 Å². The molecule has 5 nitrogen and oxygen atoms in total. The Morgan fingerprint density at radius 1 is 1.19 bits per heavy atom. The van der Waals surface area contributed by atoms with Gasteiger partial charge < -0.3 is 19.2 Å². The van der Waals surface area contributed by atoms with Gasteiger partial charge in [-0.25, -0.2) is 8.78 Å². The van der Waals surface area contributed by atoms with Crippen LogP contribution in [0.4, 0.5) is 8.78 Å². The van der Waals surface area contributed by atoms with Crippen molar-refractivity contribution >= 4 is 16.9 Å². The molecule has 0 unspecified atom stereocenters. The van der Waals surface area contributed by atoms with Crippen molar-refractivity contribution in [1.82, 2.24) is 5.32 Å². The van der Waals surface area contributed by atoms with E-state index in [0.717, 1.165) is 0 Å². The zero-order chi connectivity index (χ0) is 18.8. The summed E-state index contributed by atoms with van der Waals surface area (Å²) in [5, 5.41) is 2.48. The molecule has 7 heteroatoms. The average Bonchev–Trinajstić information content (AvgIpc) is 3.02. The minimum atomic E-state index is -0.715. The number of carbonyl (C=O) groups is 1. The highest BCUT2D eigenvalue weighted by molar-refractivity contribution is 6.11. The fourth-order valence-electron chi connectivity index (χ4n) is 2.88. The van der Waals surface area contributed by atoms with Crippen molar-refractivity contribution in [2.24, 2.45) is 0 Å². The summed E-state index contributed by atoms with van der Waals surface area (Å²) in [7, 11) is 4.25. The molecule has 2 aromatic carbocycles. The first-order chi connectivity index (χ1) is 12.5. The van der Waals surface area contributed by atoms with Gasteiger partial charge in [0, 0.05) is 25.3 Å². The Hall–Kier alpha value is -2.93. The summed E-state index contributed by atoms with van der Waals surface area (Å²) in [6.07, 6.45) is 0. The second-order valence-corrected chi connectivity index (χ2v) is 5.58. The predicted molar refractivity (Wildman–Crippen MR) is 92.2 cm³/mol. The van der Waals surface area contributed by atoms with E-state index in [2.05, 4.69) is 5.32 Å². The Morgan fingerprint density at radius 2 is 1.88 bits per heavy atom. The highest BCUT2D eigenvalue weighted by atomic mass is 19.1. The summed E-state index contributed by atoms with van der Waals surface area (Å²) >= 11 is 0. The normalized spacial score (nSPS) is 11.0. The van der Waals surface area contributed by atoms with Crippen LogP contribution in [0.15, 0.2) is 34.7 Å². The molecule has 1 N–H and O–H groups in total. The smallest absolute Gasteiger partial charge is 0.255 e. The van der Waals surface area contributed by atoms with Gasteiger partial charge in [0.05, 0.1) is 24.7 Å². The SMILES string of the molecule is CNC(=O)c1c(-c2ccc(F)cc2)oc2cc(COC)c(OC)c(F)c12. The summed E-state index contributed by atoms with van der Waals surface area (Å²) in [6, 6.07) is 6.97. The van der Waals surface area contributed by atoms with E-state index in [4.69, 9.17) is 13.9 Å². The number of halogens is 2. The minimum Gasteiger partial charge on any atom is -0.493 e. The lowest BCUT2D eigenvalue weighted by Gasteiger charge is -2.10. The van der Waals surface area contributed by atoms with Gasteiger partial charge in [0.1, 0.15) is 17.2 Å². The summed E-state index contributed by atoms with van der Waals surface area (Å²) in [5.74, 6) is -1.54. The molecule has 1 amide bonds. The van der Waals surface area contributed by atoms with E-state index < -0.39 is 17.5 Å². The number of ether oxygens (including phenoxy) is 2. The van der Waals surface area contributed by atoms with Crippen molar-refractivity contribution in [2.75, 3.05) is 21.3 Å². The molecular formula is C19H17F2NO4. The van der Waals surface area contributed by atoms with Crippen LogP contribution in [0.25, 0.3) is 22.3 Å². The first kappa shape index (κ1) is 17.9. The molecule has 1 heterocycles. The van der Waals surface area contributed by atoms with Gasteiger partial charge in [0.15, 0.2) is 11.6 Å². The number of fused-ring (bicyclic) bond motifs is 1. The standard InChI is InChI=1S/C19H17F2NO4/c1-22-19(23)15-14-13(8-11(9-24-2)18(25-3)16(14)21)26-17(15)10-4-6-12(20)7-5-10/h4-8H,9H2,1-3H3,(H,22,23). The maximum absolute atomic E-state index is 15.1. The first-order valence-electron chi connectivity index (χ1n) is 7.80. The molecule has 0 aliphatic rings. The molecule has 0 fully saturated rings. The molecule has 26 heavy (non-hydrogen) atoms. The van der Waals surface area contributed by atoms with Gasteiger partial charge >= 0.3 is 0 Å². The lowest BCUT2D eigenvalue weighted by atomic mass is 10.0. The van der Waals surface area contributed by atoms with Crippen LogP contribution >= 0.6 is 0 Å². The van der Waals surface area contributed by atoms with Gasteiger partial charge in [-0.1, -0.05) is 0 Å². The van der Waals surface area contributed by atoms with Crippen molar-refractivity contribution in [3.8, 4) is 17.1 Å². The Morgan fingerprint density at radius 3 is 2.46 bits per heavy atom. The van der Waals surface area contributed by atoms with Crippen molar-refractivity contribution in [3.63, 3.8) is 0 Å². The minimum absolute atomic E-state index is 0.000350. The van der Waals surface area contributed by atoms with E-state index in [1.807, 2.05) is 0 Å². The molecule has 0 spiro atoms. The molecule has 0 saturated carbocycles. The van der Waals surface area contributed by atoms with Crippen LogP contribution in [0.2, 0.25) is 0 Å². The number of furan rings is 1. The Labute approximate surface area is 148 Å². The summed E-state index contributed by atoms with van der Waals surface area (Å²) < 4.78 is 44.4. The quantitative estimate of drug-likeness (QED) is 0.749. The number of amides is 1. The Kier molecular flexibility index (Phi) is 4.90. The third-order valence-electron chi connectivity index (χ3n) is 4.02. The second-order valence-electron chi connectivity index (χ2n) is 5.58. The van der Waals surface area contributed by atoms with Crippen molar-refractivity contribution in [2.45, 2.75) is 6.61 Å². The van der Waals surface area contributed by atoms with E-state index in [9.17, 15) is 9.18 Å². The van der Waals surface area contributed by atoms with Gasteiger partial charge in [0.2, 0.25) is 0 Å². The van der Waals surface area contributed by atoms with Crippen LogP contribution in [0, 0.1) is 11.6 Å². The highest BCUT2D eigenvalue weighted by Crippen LogP contribution is 2.40. The molecule has 1 aromatic heterocycles. The van der Waals surface area contributed by atoms with E-state index in [-0.39, 0.29) is 34.6 Å². The number of rotatable bonds is 5. The fourth-order valence-corrected chi connectivity index (χ4v) is 2.88. The number of methoxy groups -OCH3 is 2. The number of benzene rings is 2. The highest BCUT2D eigenvalue weighted by Gasteiger charge is 2.27. The van der Waals surface area contributed by atoms with Gasteiger partial charge in [-0.05, 0) is 30.3 Å². The molecule has 0 bridgehead atoms. The van der Waals surface area contributed by atoms with Crippen LogP contribution < -0.4 is 10.1 Å². The van der Waals surface area contributed by atoms with E-state index in [1.165, 1.54) is 45.5 Å². The van der Waals surface area contributed by atoms with Gasteiger partial charge in [-0.15, -0.1) is 0 Å². The lowest BCUT2D eigenvalue weighted by molar-refractivity contribution is 0.0964. The largest absolute Gasteiger partial charge is 0.493 e. The summed E-state index contributed by atoms with van der Waals surface area (Å²) in [6.45, 7) is 0.109. The maximum atomic E-state index is 15.1. The maximum Gasteiger partial charge on any atom is 0.255 e. The van der Waals surface area contributed by atoms with Crippen LogP contribution in [-0.4, -0.2) is 27.2 Å². The topological polar surface area (TPSA) is 60.7 Å². The summed E-state index contributed by atoms with van der Waals surface area (Å²) in [4.78, 5) is 12.4. The van der Waals surface area contributed by atoms with E-state index in [0.29, 0.717) is 11.1 Å². The number of hydrogen-bond acceptors (Lipinski definition) is 4. The van der Waals surface area contributed by atoms with Crippen molar-refractivity contribution < 1.29 is 27.5 Å². The van der Waals surface area contributed by atoms with Crippen LogP contribution in [0.3, 0.4) is 0 Å². The van der Waals surface area contributed by atoms with E-state index in [1.54, 1.807) is 6.07 Å². The fraction of sp³-hybridized carbons (Fsp3) is 0.211. The molecular weight excluding hydrogens is 344 g/mol. The lowest BCUT2D eigenvalue weighted by Crippen LogP contribution is -2.18. The Bertz CT molecular complexity index is 964. The monoisotopic (exact) mass is 361 g/mol. The summed E-state index contributed by atoms with van der Waals surface area (Å²) in [5.41, 5.74) is 1.10. The molecule has 3 aromatic rings. The molecule has 136 valence electrons. The van der Waals surface area contributed by atoms with Gasteiger partial charge in [-0.3, -0.25) is 4.79 Å². The number of carbonyl (C=O) groups excluding carboxylic acids is 1. The third-order valence-corrected chi connectivity index (χ3v) is 4.02. The molecule has 0 aliphatic heterocycles. The van der Waals surface area contributed by atoms with Crippen molar-refractivity contribution in [3.05, 3.63) is 53.1 Å². The zero-order valence-electron chi connectivity index (χ0n) is 14.5. The van der Waals surface area contributed by atoms with Crippen LogP contribution in [0.5, 0.6) is 5.75 Å². The molecule has 0 aliphatic carbocycles. The van der Waals surface area contributed by atoms with Gasteiger partial charge in [-0.2, -0.15) is 0 Å². The van der Waals surface area contributed by atoms with E-state index >= 15 is 4.39 Å². The molecule has 0 radical (unpaired) electrons. The zero-order valence-corrected chi connectivity index (χ0v) is 14.5. The molecule has 3 rings (SSSR count).